The lowest BCUT2D eigenvalue weighted by Gasteiger charge is -2.18. The molecule has 0 heterocycles. The van der Waals surface area contributed by atoms with Gasteiger partial charge in [0, 0.05) is 0 Å². The van der Waals surface area contributed by atoms with E-state index in [4.69, 9.17) is 4.74 Å². The number of amides is 1. The third-order valence-electron chi connectivity index (χ3n) is 2.72. The average molecular weight is 264 g/mol. The van der Waals surface area contributed by atoms with E-state index in [0.29, 0.717) is 18.0 Å². The van der Waals surface area contributed by atoms with Gasteiger partial charge in [-0.25, -0.2) is 0 Å². The fourth-order valence-electron chi connectivity index (χ4n) is 1.61. The number of anilines is 1. The Labute approximate surface area is 115 Å². The molecule has 0 aliphatic carbocycles. The van der Waals surface area contributed by atoms with Crippen molar-refractivity contribution in [2.24, 2.45) is 5.41 Å². The van der Waals surface area contributed by atoms with Crippen LogP contribution in [0.3, 0.4) is 0 Å². The number of para-hydroxylation sites is 2. The summed E-state index contributed by atoms with van der Waals surface area (Å²) in [5.41, 5.74) is 0.985. The van der Waals surface area contributed by atoms with Crippen LogP contribution < -0.4 is 15.4 Å². The van der Waals surface area contributed by atoms with E-state index in [-0.39, 0.29) is 11.3 Å². The lowest BCUT2D eigenvalue weighted by atomic mass is 9.92. The van der Waals surface area contributed by atoms with Crippen molar-refractivity contribution in [3.63, 3.8) is 0 Å². The maximum absolute atomic E-state index is 11.8. The van der Waals surface area contributed by atoms with Gasteiger partial charge in [0.15, 0.2) is 0 Å². The zero-order valence-electron chi connectivity index (χ0n) is 12.2. The quantitative estimate of drug-likeness (QED) is 0.777. The van der Waals surface area contributed by atoms with E-state index in [0.717, 1.165) is 13.0 Å². The van der Waals surface area contributed by atoms with Crippen molar-refractivity contribution in [1.29, 1.82) is 0 Å². The Morgan fingerprint density at radius 2 is 1.95 bits per heavy atom. The Hall–Kier alpha value is -1.55. The van der Waals surface area contributed by atoms with Crippen molar-refractivity contribution in [2.75, 3.05) is 25.5 Å². The summed E-state index contributed by atoms with van der Waals surface area (Å²) in [6, 6.07) is 7.38. The molecule has 0 unspecified atom stereocenters. The number of benzene rings is 1. The van der Waals surface area contributed by atoms with Gasteiger partial charge in [-0.05, 0) is 30.5 Å². The van der Waals surface area contributed by atoms with Gasteiger partial charge in [-0.1, -0.05) is 32.9 Å². The number of carbonyl (C=O) groups excluding carboxylic acids is 1. The van der Waals surface area contributed by atoms with Gasteiger partial charge in [0.05, 0.1) is 19.3 Å². The molecule has 0 bridgehead atoms. The fourth-order valence-corrected chi connectivity index (χ4v) is 1.61. The summed E-state index contributed by atoms with van der Waals surface area (Å²) < 4.78 is 5.18. The van der Waals surface area contributed by atoms with Crippen LogP contribution in [0.2, 0.25) is 0 Å². The first-order valence-corrected chi connectivity index (χ1v) is 6.56. The Bertz CT molecular complexity index is 411. The molecule has 0 aromatic heterocycles. The van der Waals surface area contributed by atoms with Crippen molar-refractivity contribution >= 4 is 11.6 Å². The molecule has 2 N–H and O–H groups in total. The number of hydrogen-bond acceptors (Lipinski definition) is 3. The summed E-state index contributed by atoms with van der Waals surface area (Å²) in [6.07, 6.45) is 1.04. The number of hydrogen-bond donors (Lipinski definition) is 2. The summed E-state index contributed by atoms with van der Waals surface area (Å²) in [5, 5.41) is 5.98. The normalized spacial score (nSPS) is 11.2. The van der Waals surface area contributed by atoms with Gasteiger partial charge >= 0.3 is 0 Å². The highest BCUT2D eigenvalue weighted by molar-refractivity contribution is 5.93. The molecule has 0 fully saturated rings. The molecule has 1 rings (SSSR count). The van der Waals surface area contributed by atoms with Crippen LogP contribution in [0.15, 0.2) is 24.3 Å². The minimum Gasteiger partial charge on any atom is -0.495 e. The van der Waals surface area contributed by atoms with E-state index in [1.165, 1.54) is 0 Å². The first-order valence-electron chi connectivity index (χ1n) is 6.56. The van der Waals surface area contributed by atoms with E-state index < -0.39 is 0 Å². The Kier molecular flexibility index (Phi) is 5.83. The maximum Gasteiger partial charge on any atom is 0.238 e. The summed E-state index contributed by atoms with van der Waals surface area (Å²) in [6.45, 7) is 7.70. The number of rotatable bonds is 6. The van der Waals surface area contributed by atoms with Crippen molar-refractivity contribution in [3.05, 3.63) is 24.3 Å². The minimum atomic E-state index is -0.0570. The highest BCUT2D eigenvalue weighted by atomic mass is 16.5. The first kappa shape index (κ1) is 15.5. The van der Waals surface area contributed by atoms with E-state index in [9.17, 15) is 4.79 Å². The molecule has 1 aromatic rings. The van der Waals surface area contributed by atoms with Crippen LogP contribution in [0.25, 0.3) is 0 Å². The van der Waals surface area contributed by atoms with Crippen LogP contribution >= 0.6 is 0 Å². The molecule has 0 spiro atoms. The van der Waals surface area contributed by atoms with E-state index >= 15 is 0 Å². The molecular formula is C15H24N2O2. The molecule has 0 radical (unpaired) electrons. The average Bonchev–Trinajstić information content (AvgIpc) is 2.34. The standard InChI is InChI=1S/C15H24N2O2/c1-15(2,3)9-10-16-11-14(18)17-12-7-5-6-8-13(12)19-4/h5-8,16H,9-11H2,1-4H3,(H,17,18). The lowest BCUT2D eigenvalue weighted by Crippen LogP contribution is -2.30. The molecule has 1 amide bonds. The number of nitrogens with one attached hydrogen (secondary N) is 2. The molecule has 4 nitrogen and oxygen atoms in total. The Balaban J connectivity index is 2.35. The summed E-state index contributed by atoms with van der Waals surface area (Å²) in [7, 11) is 1.59. The molecule has 106 valence electrons. The zero-order chi connectivity index (χ0) is 14.3. The lowest BCUT2D eigenvalue weighted by molar-refractivity contribution is -0.115. The van der Waals surface area contributed by atoms with Crippen molar-refractivity contribution < 1.29 is 9.53 Å². The molecule has 1 aromatic carbocycles. The van der Waals surface area contributed by atoms with Crippen molar-refractivity contribution in [3.8, 4) is 5.75 Å². The Morgan fingerprint density at radius 1 is 1.26 bits per heavy atom. The van der Waals surface area contributed by atoms with E-state index in [2.05, 4.69) is 31.4 Å². The second-order valence-corrected chi connectivity index (χ2v) is 5.74. The predicted molar refractivity (Wildman–Crippen MR) is 78.6 cm³/mol. The van der Waals surface area contributed by atoms with Gasteiger partial charge in [-0.15, -0.1) is 0 Å². The maximum atomic E-state index is 11.8. The number of carbonyl (C=O) groups is 1. The highest BCUT2D eigenvalue weighted by Gasteiger charge is 2.10. The van der Waals surface area contributed by atoms with Gasteiger partial charge in [-0.2, -0.15) is 0 Å². The van der Waals surface area contributed by atoms with Gasteiger partial charge in [0.25, 0.3) is 0 Å². The summed E-state index contributed by atoms with van der Waals surface area (Å²) in [4.78, 5) is 11.8. The van der Waals surface area contributed by atoms with Crippen molar-refractivity contribution in [1.82, 2.24) is 5.32 Å². The monoisotopic (exact) mass is 264 g/mol. The van der Waals surface area contributed by atoms with Crippen molar-refractivity contribution in [2.45, 2.75) is 27.2 Å². The van der Waals surface area contributed by atoms with Crippen LogP contribution in [0.4, 0.5) is 5.69 Å². The van der Waals surface area contributed by atoms with Gasteiger partial charge in [0.1, 0.15) is 5.75 Å². The third kappa shape index (κ3) is 6.25. The largest absolute Gasteiger partial charge is 0.495 e. The van der Waals surface area contributed by atoms with Crippen LogP contribution in [0.5, 0.6) is 5.75 Å². The minimum absolute atomic E-state index is 0.0570. The third-order valence-corrected chi connectivity index (χ3v) is 2.72. The Morgan fingerprint density at radius 3 is 2.58 bits per heavy atom. The highest BCUT2D eigenvalue weighted by Crippen LogP contribution is 2.22. The molecule has 0 aliphatic heterocycles. The topological polar surface area (TPSA) is 50.4 Å². The second-order valence-electron chi connectivity index (χ2n) is 5.74. The number of ether oxygens (including phenoxy) is 1. The van der Waals surface area contributed by atoms with Crippen LogP contribution in [-0.2, 0) is 4.79 Å². The predicted octanol–water partition coefficient (Wildman–Crippen LogP) is 2.66. The molecule has 0 atom stereocenters. The first-order chi connectivity index (χ1) is 8.92. The molecule has 0 aliphatic rings. The summed E-state index contributed by atoms with van der Waals surface area (Å²) >= 11 is 0. The molecule has 4 heteroatoms. The van der Waals surface area contributed by atoms with Crippen LogP contribution in [0, 0.1) is 5.41 Å². The van der Waals surface area contributed by atoms with Crippen LogP contribution in [0.1, 0.15) is 27.2 Å². The van der Waals surface area contributed by atoms with Crippen LogP contribution in [-0.4, -0.2) is 26.1 Å². The fraction of sp³-hybridized carbons (Fsp3) is 0.533. The zero-order valence-corrected chi connectivity index (χ0v) is 12.2. The van der Waals surface area contributed by atoms with Gasteiger partial charge in [0.2, 0.25) is 5.91 Å². The smallest absolute Gasteiger partial charge is 0.238 e. The summed E-state index contributed by atoms with van der Waals surface area (Å²) in [5.74, 6) is 0.615. The molecule has 19 heavy (non-hydrogen) atoms. The van der Waals surface area contributed by atoms with E-state index in [1.807, 2.05) is 24.3 Å². The SMILES string of the molecule is COc1ccccc1NC(=O)CNCCC(C)(C)C. The van der Waals surface area contributed by atoms with E-state index in [1.54, 1.807) is 7.11 Å². The number of methoxy groups -OCH3 is 1. The molecule has 0 saturated carbocycles. The molecule has 0 saturated heterocycles. The second kappa shape index (κ2) is 7.14. The van der Waals surface area contributed by atoms with Gasteiger partial charge in [-0.3, -0.25) is 4.79 Å². The molecular weight excluding hydrogens is 240 g/mol. The van der Waals surface area contributed by atoms with Gasteiger partial charge < -0.3 is 15.4 Å².